The van der Waals surface area contributed by atoms with Crippen molar-refractivity contribution in [2.75, 3.05) is 13.1 Å². The molecule has 2 N–H and O–H groups in total. The SMILES string of the molecule is CC1(C)CCCC(N(CC(=O)O)CC(=O)O)C1. The molecular formula is C12H21NO4. The summed E-state index contributed by atoms with van der Waals surface area (Å²) in [6.45, 7) is 3.93. The number of rotatable bonds is 5. The lowest BCUT2D eigenvalue weighted by Crippen LogP contribution is -2.45. The Balaban J connectivity index is 2.67. The van der Waals surface area contributed by atoms with Gasteiger partial charge in [-0.15, -0.1) is 0 Å². The third kappa shape index (κ3) is 4.73. The van der Waals surface area contributed by atoms with Crippen LogP contribution in [-0.2, 0) is 9.59 Å². The average Bonchev–Trinajstić information content (AvgIpc) is 2.13. The number of carboxylic acid groups (broad SMARTS) is 2. The molecule has 1 aliphatic carbocycles. The summed E-state index contributed by atoms with van der Waals surface area (Å²) in [5, 5.41) is 17.6. The van der Waals surface area contributed by atoms with Crippen molar-refractivity contribution in [2.24, 2.45) is 5.41 Å². The highest BCUT2D eigenvalue weighted by atomic mass is 16.4. The Bertz CT molecular complexity index is 285. The van der Waals surface area contributed by atoms with Crippen molar-refractivity contribution in [3.05, 3.63) is 0 Å². The van der Waals surface area contributed by atoms with Crippen molar-refractivity contribution in [3.8, 4) is 0 Å². The fourth-order valence-electron chi connectivity index (χ4n) is 2.63. The zero-order chi connectivity index (χ0) is 13.1. The van der Waals surface area contributed by atoms with E-state index in [2.05, 4.69) is 13.8 Å². The summed E-state index contributed by atoms with van der Waals surface area (Å²) in [6, 6.07) is 0.0750. The van der Waals surface area contributed by atoms with E-state index in [0.717, 1.165) is 25.7 Å². The number of hydrogen-bond acceptors (Lipinski definition) is 3. The first-order valence-electron chi connectivity index (χ1n) is 5.98. The lowest BCUT2D eigenvalue weighted by atomic mass is 9.74. The summed E-state index contributed by atoms with van der Waals surface area (Å²) < 4.78 is 0. The first kappa shape index (κ1) is 14.0. The van der Waals surface area contributed by atoms with Crippen LogP contribution < -0.4 is 0 Å². The van der Waals surface area contributed by atoms with E-state index >= 15 is 0 Å². The summed E-state index contributed by atoms with van der Waals surface area (Å²) in [5.74, 6) is -1.93. The summed E-state index contributed by atoms with van der Waals surface area (Å²) in [5.41, 5.74) is 0.179. The lowest BCUT2D eigenvalue weighted by molar-refractivity contribution is -0.143. The number of aliphatic carboxylic acids is 2. The van der Waals surface area contributed by atoms with Gasteiger partial charge in [-0.3, -0.25) is 14.5 Å². The first-order chi connectivity index (χ1) is 7.80. The summed E-state index contributed by atoms with van der Waals surface area (Å²) in [7, 11) is 0. The topological polar surface area (TPSA) is 77.8 Å². The molecule has 0 aromatic rings. The molecule has 0 radical (unpaired) electrons. The van der Waals surface area contributed by atoms with Crippen molar-refractivity contribution in [2.45, 2.75) is 45.6 Å². The van der Waals surface area contributed by atoms with Gasteiger partial charge in [0.2, 0.25) is 0 Å². The van der Waals surface area contributed by atoms with Crippen LogP contribution in [0.1, 0.15) is 39.5 Å². The van der Waals surface area contributed by atoms with Gasteiger partial charge in [-0.1, -0.05) is 20.3 Å². The lowest BCUT2D eigenvalue weighted by Gasteiger charge is -2.40. The molecule has 1 fully saturated rings. The van der Waals surface area contributed by atoms with E-state index in [1.54, 1.807) is 4.90 Å². The van der Waals surface area contributed by atoms with Crippen LogP contribution in [0.15, 0.2) is 0 Å². The Labute approximate surface area is 101 Å². The molecular weight excluding hydrogens is 222 g/mol. The Kier molecular flexibility index (Phi) is 4.51. The molecule has 5 heteroatoms. The van der Waals surface area contributed by atoms with Gasteiger partial charge in [-0.25, -0.2) is 0 Å². The average molecular weight is 243 g/mol. The molecule has 17 heavy (non-hydrogen) atoms. The standard InChI is InChI=1S/C12H21NO4/c1-12(2)5-3-4-9(6-12)13(7-10(14)15)8-11(16)17/h9H,3-8H2,1-2H3,(H,14,15)(H,16,17). The van der Waals surface area contributed by atoms with Gasteiger partial charge in [0.05, 0.1) is 13.1 Å². The van der Waals surface area contributed by atoms with E-state index in [-0.39, 0.29) is 24.5 Å². The molecule has 0 aromatic heterocycles. The predicted octanol–water partition coefficient (Wildman–Crippen LogP) is 1.43. The highest BCUT2D eigenvalue weighted by Crippen LogP contribution is 2.37. The molecule has 5 nitrogen and oxygen atoms in total. The maximum atomic E-state index is 10.8. The summed E-state index contributed by atoms with van der Waals surface area (Å²) in [4.78, 5) is 23.1. The predicted molar refractivity (Wildman–Crippen MR) is 62.9 cm³/mol. The number of nitrogens with zero attached hydrogens (tertiary/aromatic N) is 1. The van der Waals surface area contributed by atoms with Crippen LogP contribution in [0.25, 0.3) is 0 Å². The van der Waals surface area contributed by atoms with Crippen molar-refractivity contribution in [1.82, 2.24) is 4.90 Å². The minimum absolute atomic E-state index is 0.0750. The van der Waals surface area contributed by atoms with Gasteiger partial charge in [-0.2, -0.15) is 0 Å². The molecule has 1 aliphatic rings. The third-order valence-corrected chi connectivity index (χ3v) is 3.37. The Morgan fingerprint density at radius 3 is 2.18 bits per heavy atom. The van der Waals surface area contributed by atoms with E-state index in [1.165, 1.54) is 0 Å². The van der Waals surface area contributed by atoms with Gasteiger partial charge >= 0.3 is 11.9 Å². The van der Waals surface area contributed by atoms with Gasteiger partial charge in [-0.05, 0) is 24.7 Å². The van der Waals surface area contributed by atoms with Crippen LogP contribution >= 0.6 is 0 Å². The Morgan fingerprint density at radius 1 is 1.24 bits per heavy atom. The summed E-state index contributed by atoms with van der Waals surface area (Å²) in [6.07, 6.45) is 3.92. The summed E-state index contributed by atoms with van der Waals surface area (Å²) >= 11 is 0. The molecule has 1 saturated carbocycles. The van der Waals surface area contributed by atoms with Crippen LogP contribution in [0, 0.1) is 5.41 Å². The largest absolute Gasteiger partial charge is 0.480 e. The van der Waals surface area contributed by atoms with Gasteiger partial charge in [0, 0.05) is 6.04 Å². The molecule has 0 amide bonds. The van der Waals surface area contributed by atoms with E-state index in [4.69, 9.17) is 10.2 Å². The zero-order valence-electron chi connectivity index (χ0n) is 10.5. The minimum Gasteiger partial charge on any atom is -0.480 e. The molecule has 1 rings (SSSR count). The molecule has 0 bridgehead atoms. The Morgan fingerprint density at radius 2 is 1.76 bits per heavy atom. The van der Waals surface area contributed by atoms with Crippen molar-refractivity contribution in [3.63, 3.8) is 0 Å². The second kappa shape index (κ2) is 5.49. The normalized spacial score (nSPS) is 23.6. The second-order valence-corrected chi connectivity index (χ2v) is 5.61. The molecule has 98 valence electrons. The highest BCUT2D eigenvalue weighted by Gasteiger charge is 2.32. The fourth-order valence-corrected chi connectivity index (χ4v) is 2.63. The highest BCUT2D eigenvalue weighted by molar-refractivity contribution is 5.72. The third-order valence-electron chi connectivity index (χ3n) is 3.37. The van der Waals surface area contributed by atoms with Crippen LogP contribution in [0.3, 0.4) is 0 Å². The van der Waals surface area contributed by atoms with Gasteiger partial charge in [0.15, 0.2) is 0 Å². The molecule has 1 atom stereocenters. The van der Waals surface area contributed by atoms with Gasteiger partial charge in [0.1, 0.15) is 0 Å². The molecule has 1 unspecified atom stereocenters. The molecule has 0 aromatic carbocycles. The number of carbonyl (C=O) groups is 2. The monoisotopic (exact) mass is 243 g/mol. The molecule has 0 heterocycles. The van der Waals surface area contributed by atoms with Crippen LogP contribution in [0.2, 0.25) is 0 Å². The molecule has 0 aliphatic heterocycles. The molecule has 0 spiro atoms. The smallest absolute Gasteiger partial charge is 0.317 e. The van der Waals surface area contributed by atoms with E-state index < -0.39 is 11.9 Å². The zero-order valence-corrected chi connectivity index (χ0v) is 10.5. The van der Waals surface area contributed by atoms with E-state index in [1.807, 2.05) is 0 Å². The van der Waals surface area contributed by atoms with Gasteiger partial charge < -0.3 is 10.2 Å². The quantitative estimate of drug-likeness (QED) is 0.763. The maximum Gasteiger partial charge on any atom is 0.317 e. The van der Waals surface area contributed by atoms with E-state index in [9.17, 15) is 9.59 Å². The maximum absolute atomic E-state index is 10.8. The Hall–Kier alpha value is -1.10. The molecule has 0 saturated heterocycles. The first-order valence-corrected chi connectivity index (χ1v) is 5.98. The minimum atomic E-state index is -0.963. The van der Waals surface area contributed by atoms with Crippen LogP contribution in [0.4, 0.5) is 0 Å². The van der Waals surface area contributed by atoms with Crippen molar-refractivity contribution in [1.29, 1.82) is 0 Å². The van der Waals surface area contributed by atoms with Crippen molar-refractivity contribution < 1.29 is 19.8 Å². The van der Waals surface area contributed by atoms with Crippen LogP contribution in [-0.4, -0.2) is 46.2 Å². The second-order valence-electron chi connectivity index (χ2n) is 5.61. The fraction of sp³-hybridized carbons (Fsp3) is 0.833. The van der Waals surface area contributed by atoms with Crippen molar-refractivity contribution >= 4 is 11.9 Å². The van der Waals surface area contributed by atoms with Crippen LogP contribution in [0.5, 0.6) is 0 Å². The number of hydrogen-bond donors (Lipinski definition) is 2. The van der Waals surface area contributed by atoms with Gasteiger partial charge in [0.25, 0.3) is 0 Å². The van der Waals surface area contributed by atoms with E-state index in [0.29, 0.717) is 0 Å². The number of carboxylic acids is 2.